The predicted octanol–water partition coefficient (Wildman–Crippen LogP) is 2.53. The summed E-state index contributed by atoms with van der Waals surface area (Å²) in [6.45, 7) is 4.94. The van der Waals surface area contributed by atoms with Crippen LogP contribution in [0.3, 0.4) is 0 Å². The zero-order valence-electron chi connectivity index (χ0n) is 16.6. The van der Waals surface area contributed by atoms with Gasteiger partial charge in [0.2, 0.25) is 0 Å². The van der Waals surface area contributed by atoms with Gasteiger partial charge in [0.15, 0.2) is 0 Å². The van der Waals surface area contributed by atoms with Gasteiger partial charge in [-0.05, 0) is 51.3 Å². The summed E-state index contributed by atoms with van der Waals surface area (Å²) in [4.78, 5) is 21.3. The highest BCUT2D eigenvalue weighted by Gasteiger charge is 2.16. The molecule has 0 saturated carbocycles. The minimum Gasteiger partial charge on any atom is -0.384 e. The van der Waals surface area contributed by atoms with E-state index in [9.17, 15) is 4.79 Å². The molecule has 0 bridgehead atoms. The van der Waals surface area contributed by atoms with E-state index < -0.39 is 0 Å². The van der Waals surface area contributed by atoms with E-state index in [0.717, 1.165) is 49.7 Å². The molecule has 1 aromatic heterocycles. The van der Waals surface area contributed by atoms with Gasteiger partial charge in [0.25, 0.3) is 5.91 Å². The van der Waals surface area contributed by atoms with Crippen molar-refractivity contribution in [3.63, 3.8) is 0 Å². The maximum atomic E-state index is 12.7. The van der Waals surface area contributed by atoms with E-state index in [2.05, 4.69) is 39.5 Å². The Labute approximate surface area is 166 Å². The first-order valence-corrected chi connectivity index (χ1v) is 9.71. The van der Waals surface area contributed by atoms with Crippen molar-refractivity contribution in [1.29, 1.82) is 0 Å². The molecule has 1 aromatic carbocycles. The van der Waals surface area contributed by atoms with Crippen LogP contribution in [0.2, 0.25) is 0 Å². The summed E-state index contributed by atoms with van der Waals surface area (Å²) in [6.07, 6.45) is 2.76. The maximum absolute atomic E-state index is 12.7. The Hall–Kier alpha value is -2.64. The van der Waals surface area contributed by atoms with Gasteiger partial charge in [0.1, 0.15) is 5.69 Å². The Bertz CT molecular complexity index is 758. The number of nitrogens with zero attached hydrogens (tertiary/aromatic N) is 3. The van der Waals surface area contributed by atoms with Gasteiger partial charge in [-0.15, -0.1) is 0 Å². The van der Waals surface area contributed by atoms with E-state index in [0.29, 0.717) is 18.9 Å². The summed E-state index contributed by atoms with van der Waals surface area (Å²) in [6, 6.07) is 11.5. The van der Waals surface area contributed by atoms with Crippen LogP contribution >= 0.6 is 0 Å². The average Bonchev–Trinajstić information content (AvgIpc) is 2.72. The molecule has 1 aliphatic rings. The largest absolute Gasteiger partial charge is 0.384 e. The standard InChI is InChI=1S/C21H29N5O2/c1-25(2)11-5-10-22-17-8-9-19(23-16-17)21(27)24-18-6-3-4-7-20(18)26-12-14-28-15-13-26/h3-4,6-9,16,22H,5,10-15H2,1-2H3,(H,24,27). The zero-order chi connectivity index (χ0) is 19.8. The topological polar surface area (TPSA) is 69.7 Å². The number of morpholine rings is 1. The highest BCUT2D eigenvalue weighted by atomic mass is 16.5. The fourth-order valence-corrected chi connectivity index (χ4v) is 3.11. The smallest absolute Gasteiger partial charge is 0.274 e. The molecule has 0 aliphatic carbocycles. The third-order valence-corrected chi connectivity index (χ3v) is 4.61. The van der Waals surface area contributed by atoms with Crippen molar-refractivity contribution in [3.8, 4) is 0 Å². The lowest BCUT2D eigenvalue weighted by Crippen LogP contribution is -2.36. The minimum absolute atomic E-state index is 0.208. The highest BCUT2D eigenvalue weighted by molar-refractivity contribution is 6.04. The van der Waals surface area contributed by atoms with E-state index in [4.69, 9.17) is 4.74 Å². The molecule has 7 nitrogen and oxygen atoms in total. The Kier molecular flexibility index (Phi) is 7.22. The normalized spacial score (nSPS) is 14.2. The number of carbonyl (C=O) groups is 1. The third-order valence-electron chi connectivity index (χ3n) is 4.61. The molecule has 1 saturated heterocycles. The second-order valence-electron chi connectivity index (χ2n) is 7.09. The number of anilines is 3. The number of aromatic nitrogens is 1. The van der Waals surface area contributed by atoms with E-state index in [1.807, 2.05) is 30.3 Å². The van der Waals surface area contributed by atoms with Crippen LogP contribution < -0.4 is 15.5 Å². The first-order valence-electron chi connectivity index (χ1n) is 9.71. The van der Waals surface area contributed by atoms with Crippen LogP contribution in [0.15, 0.2) is 42.6 Å². The van der Waals surface area contributed by atoms with Gasteiger partial charge in [0.05, 0.1) is 36.5 Å². The zero-order valence-corrected chi connectivity index (χ0v) is 16.6. The summed E-state index contributed by atoms with van der Waals surface area (Å²) in [7, 11) is 4.12. The summed E-state index contributed by atoms with van der Waals surface area (Å²) < 4.78 is 5.42. The quantitative estimate of drug-likeness (QED) is 0.683. The van der Waals surface area contributed by atoms with Crippen molar-refractivity contribution in [2.24, 2.45) is 0 Å². The molecule has 2 heterocycles. The van der Waals surface area contributed by atoms with Crippen molar-refractivity contribution in [2.45, 2.75) is 6.42 Å². The SMILES string of the molecule is CN(C)CCCNc1ccc(C(=O)Nc2ccccc2N2CCOCC2)nc1. The van der Waals surface area contributed by atoms with E-state index in [1.54, 1.807) is 12.3 Å². The van der Waals surface area contributed by atoms with Gasteiger partial charge >= 0.3 is 0 Å². The number of hydrogen-bond donors (Lipinski definition) is 2. The van der Waals surface area contributed by atoms with Crippen molar-refractivity contribution in [2.75, 3.05) is 69.0 Å². The lowest BCUT2D eigenvalue weighted by molar-refractivity contribution is 0.102. The summed E-state index contributed by atoms with van der Waals surface area (Å²) in [5.74, 6) is -0.208. The van der Waals surface area contributed by atoms with Crippen molar-refractivity contribution < 1.29 is 9.53 Å². The molecule has 3 rings (SSSR count). The monoisotopic (exact) mass is 383 g/mol. The Morgan fingerprint density at radius 1 is 1.18 bits per heavy atom. The highest BCUT2D eigenvalue weighted by Crippen LogP contribution is 2.26. The molecule has 0 spiro atoms. The van der Waals surface area contributed by atoms with E-state index in [-0.39, 0.29) is 5.91 Å². The lowest BCUT2D eigenvalue weighted by Gasteiger charge is -2.30. The van der Waals surface area contributed by atoms with Crippen molar-refractivity contribution in [3.05, 3.63) is 48.3 Å². The first-order chi connectivity index (χ1) is 13.6. The van der Waals surface area contributed by atoms with Gasteiger partial charge in [-0.3, -0.25) is 4.79 Å². The lowest BCUT2D eigenvalue weighted by atomic mass is 10.2. The molecule has 1 aliphatic heterocycles. The third kappa shape index (κ3) is 5.68. The number of para-hydroxylation sites is 2. The van der Waals surface area contributed by atoms with Gasteiger partial charge in [-0.2, -0.15) is 0 Å². The number of ether oxygens (including phenoxy) is 1. The molecule has 0 unspecified atom stereocenters. The number of pyridine rings is 1. The Morgan fingerprint density at radius 2 is 1.96 bits per heavy atom. The van der Waals surface area contributed by atoms with Gasteiger partial charge in [-0.1, -0.05) is 12.1 Å². The van der Waals surface area contributed by atoms with Gasteiger partial charge in [0, 0.05) is 19.6 Å². The first kappa shape index (κ1) is 20.1. The van der Waals surface area contributed by atoms with Crippen LogP contribution in [-0.2, 0) is 4.74 Å². The molecule has 1 amide bonds. The molecule has 7 heteroatoms. The molecule has 2 N–H and O–H groups in total. The Balaban J connectivity index is 1.59. The Morgan fingerprint density at radius 3 is 2.68 bits per heavy atom. The number of nitrogens with one attached hydrogen (secondary N) is 2. The number of benzene rings is 1. The van der Waals surface area contributed by atoms with Gasteiger partial charge < -0.3 is 25.2 Å². The van der Waals surface area contributed by atoms with Crippen LogP contribution in [0, 0.1) is 0 Å². The molecule has 0 radical (unpaired) electrons. The number of hydrogen-bond acceptors (Lipinski definition) is 6. The van der Waals surface area contributed by atoms with Crippen LogP contribution in [0.4, 0.5) is 17.1 Å². The molecular formula is C21H29N5O2. The summed E-state index contributed by atoms with van der Waals surface area (Å²) in [5, 5.41) is 6.33. The minimum atomic E-state index is -0.208. The van der Waals surface area contributed by atoms with Crippen LogP contribution in [-0.4, -0.2) is 69.3 Å². The van der Waals surface area contributed by atoms with Crippen molar-refractivity contribution >= 4 is 23.0 Å². The molecule has 150 valence electrons. The van der Waals surface area contributed by atoms with E-state index in [1.165, 1.54) is 0 Å². The van der Waals surface area contributed by atoms with Crippen LogP contribution in [0.25, 0.3) is 0 Å². The number of carbonyl (C=O) groups excluding carboxylic acids is 1. The molecule has 28 heavy (non-hydrogen) atoms. The second kappa shape index (κ2) is 10.1. The molecular weight excluding hydrogens is 354 g/mol. The van der Waals surface area contributed by atoms with Crippen LogP contribution in [0.5, 0.6) is 0 Å². The average molecular weight is 383 g/mol. The predicted molar refractivity (Wildman–Crippen MR) is 113 cm³/mol. The van der Waals surface area contributed by atoms with Crippen LogP contribution in [0.1, 0.15) is 16.9 Å². The van der Waals surface area contributed by atoms with Gasteiger partial charge in [-0.25, -0.2) is 4.98 Å². The number of rotatable bonds is 8. The molecule has 0 atom stereocenters. The summed E-state index contributed by atoms with van der Waals surface area (Å²) >= 11 is 0. The fraction of sp³-hybridized carbons (Fsp3) is 0.429. The molecule has 1 fully saturated rings. The van der Waals surface area contributed by atoms with E-state index >= 15 is 0 Å². The van der Waals surface area contributed by atoms with Crippen molar-refractivity contribution in [1.82, 2.24) is 9.88 Å². The maximum Gasteiger partial charge on any atom is 0.274 e. The number of amides is 1. The second-order valence-corrected chi connectivity index (χ2v) is 7.09. The molecule has 2 aromatic rings. The fourth-order valence-electron chi connectivity index (χ4n) is 3.11. The summed E-state index contributed by atoms with van der Waals surface area (Å²) in [5.41, 5.74) is 3.13.